The lowest BCUT2D eigenvalue weighted by Gasteiger charge is -2.24. The van der Waals surface area contributed by atoms with Crippen molar-refractivity contribution >= 4 is 11.6 Å². The normalized spacial score (nSPS) is 12.5. The molecular formula is C12H19N3O2. The Labute approximate surface area is 101 Å². The lowest BCUT2D eigenvalue weighted by molar-refractivity contribution is 0.120. The van der Waals surface area contributed by atoms with E-state index in [1.807, 2.05) is 37.3 Å². The first-order chi connectivity index (χ1) is 8.15. The second-order valence-corrected chi connectivity index (χ2v) is 3.88. The van der Waals surface area contributed by atoms with Crippen LogP contribution in [0, 0.1) is 0 Å². The summed E-state index contributed by atoms with van der Waals surface area (Å²) in [7, 11) is 0. The fourth-order valence-electron chi connectivity index (χ4n) is 1.38. The van der Waals surface area contributed by atoms with Crippen molar-refractivity contribution in [1.29, 1.82) is 0 Å². The first-order valence-electron chi connectivity index (χ1n) is 5.55. The maximum absolute atomic E-state index is 9.24. The fraction of sp³-hybridized carbons (Fsp3) is 0.417. The van der Waals surface area contributed by atoms with Crippen molar-refractivity contribution in [3.8, 4) is 0 Å². The summed E-state index contributed by atoms with van der Waals surface area (Å²) in [5.41, 5.74) is 5.64. The highest BCUT2D eigenvalue weighted by Gasteiger charge is 2.26. The minimum Gasteiger partial charge on any atom is -0.394 e. The van der Waals surface area contributed by atoms with Crippen LogP contribution in [0.4, 0.5) is 5.69 Å². The van der Waals surface area contributed by atoms with E-state index < -0.39 is 5.54 Å². The van der Waals surface area contributed by atoms with Crippen LogP contribution in [0.25, 0.3) is 0 Å². The molecule has 0 atom stereocenters. The molecule has 0 saturated heterocycles. The summed E-state index contributed by atoms with van der Waals surface area (Å²) in [6.07, 6.45) is 0.511. The molecule has 1 rings (SSSR count). The number of nitrogens with one attached hydrogen (secondary N) is 1. The molecule has 94 valence electrons. The standard InChI is InChI=1S/C12H19N3O2/c1-2-12(8-16,9-17)15-11(13)14-10-6-4-3-5-7-10/h3-7,16-17H,2,8-9H2,1H3,(H3,13,14,15). The third kappa shape index (κ3) is 3.72. The van der Waals surface area contributed by atoms with Gasteiger partial charge in [-0.2, -0.15) is 0 Å². The minimum atomic E-state index is -0.911. The van der Waals surface area contributed by atoms with Gasteiger partial charge >= 0.3 is 0 Å². The van der Waals surface area contributed by atoms with Crippen molar-refractivity contribution in [1.82, 2.24) is 0 Å². The van der Waals surface area contributed by atoms with E-state index in [4.69, 9.17) is 5.73 Å². The van der Waals surface area contributed by atoms with Gasteiger partial charge in [0.1, 0.15) is 5.54 Å². The Balaban J connectivity index is 2.78. The zero-order valence-corrected chi connectivity index (χ0v) is 9.93. The SMILES string of the molecule is CCC(CO)(CO)N=C(N)Nc1ccccc1. The van der Waals surface area contributed by atoms with Crippen LogP contribution < -0.4 is 11.1 Å². The lowest BCUT2D eigenvalue weighted by atomic mass is 10.00. The predicted molar refractivity (Wildman–Crippen MR) is 68.9 cm³/mol. The Morgan fingerprint density at radius 1 is 1.29 bits per heavy atom. The van der Waals surface area contributed by atoms with Gasteiger partial charge < -0.3 is 21.3 Å². The number of rotatable bonds is 5. The molecule has 0 fully saturated rings. The number of para-hydroxylation sites is 1. The molecule has 0 unspecified atom stereocenters. The van der Waals surface area contributed by atoms with Crippen molar-refractivity contribution in [3.63, 3.8) is 0 Å². The van der Waals surface area contributed by atoms with Crippen LogP contribution in [0.5, 0.6) is 0 Å². The molecule has 0 aliphatic rings. The monoisotopic (exact) mass is 237 g/mol. The van der Waals surface area contributed by atoms with Gasteiger partial charge in [0.25, 0.3) is 0 Å². The number of aliphatic hydroxyl groups excluding tert-OH is 2. The maximum atomic E-state index is 9.24. The predicted octanol–water partition coefficient (Wildman–Crippen LogP) is 0.547. The van der Waals surface area contributed by atoms with Gasteiger partial charge in [-0.15, -0.1) is 0 Å². The van der Waals surface area contributed by atoms with E-state index in [0.717, 1.165) is 5.69 Å². The van der Waals surface area contributed by atoms with Crippen molar-refractivity contribution in [2.75, 3.05) is 18.5 Å². The molecule has 0 amide bonds. The highest BCUT2D eigenvalue weighted by atomic mass is 16.3. The van der Waals surface area contributed by atoms with Gasteiger partial charge in [0.05, 0.1) is 13.2 Å². The lowest BCUT2D eigenvalue weighted by Crippen LogP contribution is -2.39. The highest BCUT2D eigenvalue weighted by molar-refractivity contribution is 5.92. The van der Waals surface area contributed by atoms with E-state index in [1.54, 1.807) is 0 Å². The third-order valence-electron chi connectivity index (χ3n) is 2.65. The fourth-order valence-corrected chi connectivity index (χ4v) is 1.38. The van der Waals surface area contributed by atoms with Crippen LogP contribution in [-0.2, 0) is 0 Å². The van der Waals surface area contributed by atoms with Crippen LogP contribution >= 0.6 is 0 Å². The van der Waals surface area contributed by atoms with Gasteiger partial charge in [0.2, 0.25) is 0 Å². The largest absolute Gasteiger partial charge is 0.394 e. The molecule has 0 aliphatic carbocycles. The molecule has 0 spiro atoms. The van der Waals surface area contributed by atoms with E-state index in [0.29, 0.717) is 6.42 Å². The summed E-state index contributed by atoms with van der Waals surface area (Å²) < 4.78 is 0. The Morgan fingerprint density at radius 3 is 2.35 bits per heavy atom. The molecule has 0 saturated carbocycles. The Morgan fingerprint density at radius 2 is 1.88 bits per heavy atom. The Hall–Kier alpha value is -1.59. The summed E-state index contributed by atoms with van der Waals surface area (Å²) >= 11 is 0. The molecule has 17 heavy (non-hydrogen) atoms. The average molecular weight is 237 g/mol. The van der Waals surface area contributed by atoms with Crippen molar-refractivity contribution in [3.05, 3.63) is 30.3 Å². The summed E-state index contributed by atoms with van der Waals surface area (Å²) in [5, 5.41) is 21.4. The van der Waals surface area contributed by atoms with Gasteiger partial charge in [-0.25, -0.2) is 4.99 Å². The van der Waals surface area contributed by atoms with E-state index >= 15 is 0 Å². The number of anilines is 1. The number of guanidine groups is 1. The van der Waals surface area contributed by atoms with Gasteiger partial charge in [-0.1, -0.05) is 25.1 Å². The van der Waals surface area contributed by atoms with Crippen LogP contribution in [0.3, 0.4) is 0 Å². The smallest absolute Gasteiger partial charge is 0.193 e. The molecule has 1 aromatic rings. The number of aliphatic imine (C=N–C) groups is 1. The number of nitrogens with two attached hydrogens (primary N) is 1. The molecule has 0 bridgehead atoms. The summed E-state index contributed by atoms with van der Waals surface area (Å²) in [5.74, 6) is 0.182. The first-order valence-corrected chi connectivity index (χ1v) is 5.55. The van der Waals surface area contributed by atoms with E-state index in [1.165, 1.54) is 0 Å². The quantitative estimate of drug-likeness (QED) is 0.444. The summed E-state index contributed by atoms with van der Waals surface area (Å²) in [6, 6.07) is 9.36. The van der Waals surface area contributed by atoms with E-state index in [-0.39, 0.29) is 19.2 Å². The molecule has 0 aliphatic heterocycles. The Bertz CT molecular complexity index is 353. The molecule has 0 heterocycles. The summed E-state index contributed by atoms with van der Waals surface area (Å²) in [6.45, 7) is 1.36. The maximum Gasteiger partial charge on any atom is 0.193 e. The van der Waals surface area contributed by atoms with Gasteiger partial charge in [0, 0.05) is 5.69 Å². The van der Waals surface area contributed by atoms with Crippen molar-refractivity contribution in [2.45, 2.75) is 18.9 Å². The molecule has 5 N–H and O–H groups in total. The number of aliphatic hydroxyl groups is 2. The molecule has 0 radical (unpaired) electrons. The molecule has 5 heteroatoms. The van der Waals surface area contributed by atoms with Crippen LogP contribution in [0.15, 0.2) is 35.3 Å². The zero-order chi connectivity index (χ0) is 12.7. The van der Waals surface area contributed by atoms with Gasteiger partial charge in [0.15, 0.2) is 5.96 Å². The van der Waals surface area contributed by atoms with Gasteiger partial charge in [-0.3, -0.25) is 0 Å². The third-order valence-corrected chi connectivity index (χ3v) is 2.65. The number of nitrogens with zero attached hydrogens (tertiary/aromatic N) is 1. The minimum absolute atomic E-state index is 0.182. The van der Waals surface area contributed by atoms with Crippen LogP contribution in [0.1, 0.15) is 13.3 Å². The number of hydrogen-bond acceptors (Lipinski definition) is 3. The van der Waals surface area contributed by atoms with Crippen LogP contribution in [0.2, 0.25) is 0 Å². The second kappa shape index (κ2) is 6.22. The number of hydrogen-bond donors (Lipinski definition) is 4. The topological polar surface area (TPSA) is 90.9 Å². The van der Waals surface area contributed by atoms with Crippen LogP contribution in [-0.4, -0.2) is 34.9 Å². The summed E-state index contributed by atoms with van der Waals surface area (Å²) in [4.78, 5) is 4.14. The molecule has 5 nitrogen and oxygen atoms in total. The van der Waals surface area contributed by atoms with E-state index in [9.17, 15) is 10.2 Å². The average Bonchev–Trinajstić information content (AvgIpc) is 2.37. The zero-order valence-electron chi connectivity index (χ0n) is 9.93. The number of benzene rings is 1. The van der Waals surface area contributed by atoms with Crippen molar-refractivity contribution in [2.24, 2.45) is 10.7 Å². The molecular weight excluding hydrogens is 218 g/mol. The highest BCUT2D eigenvalue weighted by Crippen LogP contribution is 2.14. The van der Waals surface area contributed by atoms with Crippen molar-refractivity contribution < 1.29 is 10.2 Å². The molecule has 0 aromatic heterocycles. The second-order valence-electron chi connectivity index (χ2n) is 3.88. The Kier molecular flexibility index (Phi) is 4.93. The van der Waals surface area contributed by atoms with Gasteiger partial charge in [-0.05, 0) is 18.6 Å². The first kappa shape index (κ1) is 13.5. The van der Waals surface area contributed by atoms with E-state index in [2.05, 4.69) is 10.3 Å². The molecule has 1 aromatic carbocycles.